The number of ether oxygens (including phenoxy) is 1. The molecule has 2 aromatic carbocycles. The first kappa shape index (κ1) is 20.3. The Morgan fingerprint density at radius 3 is 2.50 bits per heavy atom. The molecule has 3 rings (SSSR count). The van der Waals surface area contributed by atoms with E-state index in [1.165, 1.54) is 36.4 Å². The van der Waals surface area contributed by atoms with Gasteiger partial charge in [-0.1, -0.05) is 23.7 Å². The molecular weight excluding hydrogens is 405 g/mol. The Bertz CT molecular complexity index is 1020. The van der Waals surface area contributed by atoms with Gasteiger partial charge in [0.15, 0.2) is 9.84 Å². The van der Waals surface area contributed by atoms with Crippen LogP contribution in [-0.4, -0.2) is 26.1 Å². The van der Waals surface area contributed by atoms with E-state index in [1.807, 2.05) is 0 Å². The predicted molar refractivity (Wildman–Crippen MR) is 101 cm³/mol. The molecular formula is C20H17ClFNO4S. The van der Waals surface area contributed by atoms with Gasteiger partial charge in [0.1, 0.15) is 17.6 Å². The maximum atomic E-state index is 13.0. The number of hydrogen-bond acceptors (Lipinski definition) is 5. The molecule has 8 heteroatoms. The summed E-state index contributed by atoms with van der Waals surface area (Å²) in [6.45, 7) is 0.0538. The first-order chi connectivity index (χ1) is 13.3. The maximum Gasteiger partial charge on any atom is 0.235 e. The third-order valence-electron chi connectivity index (χ3n) is 4.96. The number of Topliss-reactive ketones (excluding diaryl/α,β-unsaturated/α-hetero) is 1. The highest BCUT2D eigenvalue weighted by molar-refractivity contribution is 7.92. The minimum absolute atomic E-state index is 0.0185. The largest absolute Gasteiger partial charge is 0.493 e. The monoisotopic (exact) mass is 421 g/mol. The number of benzene rings is 2. The van der Waals surface area contributed by atoms with E-state index in [4.69, 9.17) is 21.6 Å². The lowest BCUT2D eigenvalue weighted by Crippen LogP contribution is -2.22. The van der Waals surface area contributed by atoms with Crippen molar-refractivity contribution >= 4 is 27.2 Å². The third-order valence-corrected chi connectivity index (χ3v) is 7.63. The van der Waals surface area contributed by atoms with Crippen LogP contribution in [0.1, 0.15) is 12.8 Å². The Morgan fingerprint density at radius 2 is 1.86 bits per heavy atom. The van der Waals surface area contributed by atoms with Gasteiger partial charge in [-0.2, -0.15) is 5.26 Å². The molecule has 1 saturated carbocycles. The van der Waals surface area contributed by atoms with Crippen LogP contribution < -0.4 is 4.74 Å². The van der Waals surface area contributed by atoms with Crippen molar-refractivity contribution in [2.75, 3.05) is 6.61 Å². The Morgan fingerprint density at radius 1 is 1.18 bits per heavy atom. The standard InChI is InChI=1S/C20H17ClFNO4S/c21-18-3-1-2-4-20(18)28(25,26)16-9-13(17(10-16)19(24)11-23)12-27-15-7-5-14(22)6-8-15/h1-8,13,16-17H,9-10,12H2/t13-,16-,17+/m0/s1. The Balaban J connectivity index is 1.80. The summed E-state index contributed by atoms with van der Waals surface area (Å²) in [4.78, 5) is 12.1. The zero-order chi connectivity index (χ0) is 20.3. The molecule has 0 radical (unpaired) electrons. The number of halogens is 2. The van der Waals surface area contributed by atoms with Gasteiger partial charge < -0.3 is 4.74 Å². The fourth-order valence-corrected chi connectivity index (χ4v) is 5.89. The lowest BCUT2D eigenvalue weighted by atomic mass is 9.93. The molecule has 146 valence electrons. The van der Waals surface area contributed by atoms with Crippen molar-refractivity contribution in [1.29, 1.82) is 5.26 Å². The maximum absolute atomic E-state index is 13.0. The fourth-order valence-electron chi connectivity index (χ4n) is 3.50. The average molecular weight is 422 g/mol. The zero-order valence-corrected chi connectivity index (χ0v) is 16.3. The van der Waals surface area contributed by atoms with Crippen LogP contribution in [0.25, 0.3) is 0 Å². The Hall–Kier alpha value is -2.43. The van der Waals surface area contributed by atoms with Gasteiger partial charge in [-0.15, -0.1) is 0 Å². The van der Waals surface area contributed by atoms with Gasteiger partial charge >= 0.3 is 0 Å². The minimum atomic E-state index is -3.76. The van der Waals surface area contributed by atoms with Crippen LogP contribution in [0.3, 0.4) is 0 Å². The van der Waals surface area contributed by atoms with E-state index in [0.717, 1.165) is 0 Å². The summed E-state index contributed by atoms with van der Waals surface area (Å²) in [5, 5.41) is 8.31. The second kappa shape index (κ2) is 8.29. The van der Waals surface area contributed by atoms with E-state index < -0.39 is 38.5 Å². The number of rotatable bonds is 6. The molecule has 1 aliphatic carbocycles. The number of carbonyl (C=O) groups excluding carboxylic acids is 1. The summed E-state index contributed by atoms with van der Waals surface area (Å²) < 4.78 is 44.6. The second-order valence-corrected chi connectivity index (χ2v) is 9.28. The molecule has 2 aromatic rings. The van der Waals surface area contributed by atoms with Crippen molar-refractivity contribution in [3.8, 4) is 11.8 Å². The molecule has 1 fully saturated rings. The topological polar surface area (TPSA) is 84.2 Å². The average Bonchev–Trinajstić information content (AvgIpc) is 3.12. The molecule has 0 N–H and O–H groups in total. The van der Waals surface area contributed by atoms with E-state index in [0.29, 0.717) is 5.75 Å². The number of hydrogen-bond donors (Lipinski definition) is 0. The second-order valence-electron chi connectivity index (χ2n) is 6.68. The molecule has 3 atom stereocenters. The molecule has 0 bridgehead atoms. The highest BCUT2D eigenvalue weighted by atomic mass is 35.5. The van der Waals surface area contributed by atoms with Gasteiger partial charge in [-0.05, 0) is 49.2 Å². The van der Waals surface area contributed by atoms with E-state index in [-0.39, 0.29) is 29.4 Å². The molecule has 0 aromatic heterocycles. The zero-order valence-electron chi connectivity index (χ0n) is 14.7. The van der Waals surface area contributed by atoms with E-state index in [9.17, 15) is 17.6 Å². The number of nitriles is 1. The summed E-state index contributed by atoms with van der Waals surface area (Å²) in [5.74, 6) is -1.85. The van der Waals surface area contributed by atoms with Crippen molar-refractivity contribution < 1.29 is 22.3 Å². The van der Waals surface area contributed by atoms with Crippen molar-refractivity contribution in [3.05, 3.63) is 59.4 Å². The van der Waals surface area contributed by atoms with Crippen LogP contribution >= 0.6 is 11.6 Å². The molecule has 0 amide bonds. The van der Waals surface area contributed by atoms with Gasteiger partial charge in [-0.3, -0.25) is 4.79 Å². The highest BCUT2D eigenvalue weighted by Gasteiger charge is 2.45. The van der Waals surface area contributed by atoms with Crippen LogP contribution in [0.15, 0.2) is 53.4 Å². The quantitative estimate of drug-likeness (QED) is 0.662. The summed E-state index contributed by atoms with van der Waals surface area (Å²) >= 11 is 6.05. The molecule has 0 heterocycles. The number of nitrogens with zero attached hydrogens (tertiary/aromatic N) is 1. The fraction of sp³-hybridized carbons (Fsp3) is 0.300. The van der Waals surface area contributed by atoms with Crippen molar-refractivity contribution in [2.45, 2.75) is 23.0 Å². The summed E-state index contributed by atoms with van der Waals surface area (Å²) in [6.07, 6.45) is 0.213. The lowest BCUT2D eigenvalue weighted by molar-refractivity contribution is -0.118. The molecule has 5 nitrogen and oxygen atoms in total. The first-order valence-corrected chi connectivity index (χ1v) is 10.6. The Labute approximate surface area is 167 Å². The van der Waals surface area contributed by atoms with Gasteiger partial charge in [0, 0.05) is 11.8 Å². The van der Waals surface area contributed by atoms with Crippen molar-refractivity contribution in [3.63, 3.8) is 0 Å². The predicted octanol–water partition coefficient (Wildman–Crippen LogP) is 3.82. The number of carbonyl (C=O) groups is 1. The normalized spacial score (nSPS) is 21.8. The van der Waals surface area contributed by atoms with Gasteiger partial charge in [0.2, 0.25) is 5.78 Å². The SMILES string of the molecule is N#CC(=O)[C@@H]1C[C@@H](S(=O)(=O)c2ccccc2Cl)C[C@H]1COc1ccc(F)cc1. The summed E-state index contributed by atoms with van der Waals surface area (Å²) in [7, 11) is -3.76. The van der Waals surface area contributed by atoms with Crippen molar-refractivity contribution in [1.82, 2.24) is 0 Å². The first-order valence-electron chi connectivity index (χ1n) is 8.63. The molecule has 0 spiro atoms. The van der Waals surface area contributed by atoms with E-state index in [1.54, 1.807) is 18.2 Å². The minimum Gasteiger partial charge on any atom is -0.493 e. The summed E-state index contributed by atoms with van der Waals surface area (Å²) in [5.41, 5.74) is 0. The van der Waals surface area contributed by atoms with Gasteiger partial charge in [-0.25, -0.2) is 12.8 Å². The van der Waals surface area contributed by atoms with Gasteiger partial charge in [0.25, 0.3) is 0 Å². The lowest BCUT2D eigenvalue weighted by Gasteiger charge is -2.16. The molecule has 28 heavy (non-hydrogen) atoms. The van der Waals surface area contributed by atoms with E-state index >= 15 is 0 Å². The van der Waals surface area contributed by atoms with Crippen molar-refractivity contribution in [2.24, 2.45) is 11.8 Å². The molecule has 1 aliphatic rings. The Kier molecular flexibility index (Phi) is 6.01. The number of ketones is 1. The van der Waals surface area contributed by atoms with Crippen LogP contribution in [0.2, 0.25) is 5.02 Å². The van der Waals surface area contributed by atoms with Crippen LogP contribution in [0, 0.1) is 29.0 Å². The van der Waals surface area contributed by atoms with E-state index in [2.05, 4.69) is 0 Å². The van der Waals surface area contributed by atoms with Gasteiger partial charge in [0.05, 0.1) is 21.8 Å². The third kappa shape index (κ3) is 4.18. The smallest absolute Gasteiger partial charge is 0.235 e. The van der Waals surface area contributed by atoms with Crippen LogP contribution in [0.5, 0.6) is 5.75 Å². The highest BCUT2D eigenvalue weighted by Crippen LogP contribution is 2.40. The molecule has 0 unspecified atom stereocenters. The molecule has 0 aliphatic heterocycles. The number of sulfone groups is 1. The summed E-state index contributed by atoms with van der Waals surface area (Å²) in [6, 6.07) is 13.1. The van der Waals surface area contributed by atoms with Crippen LogP contribution in [-0.2, 0) is 14.6 Å². The molecule has 0 saturated heterocycles. The van der Waals surface area contributed by atoms with Crippen LogP contribution in [0.4, 0.5) is 4.39 Å².